The van der Waals surface area contributed by atoms with Gasteiger partial charge in [0.25, 0.3) is 0 Å². The van der Waals surface area contributed by atoms with Gasteiger partial charge in [-0.15, -0.1) is 0 Å². The molecule has 1 N–H and O–H groups in total. The first-order chi connectivity index (χ1) is 10.1. The maximum absolute atomic E-state index is 13.8. The number of halogens is 1. The van der Waals surface area contributed by atoms with Gasteiger partial charge in [-0.3, -0.25) is 4.90 Å². The van der Waals surface area contributed by atoms with E-state index in [4.69, 9.17) is 4.42 Å². The molecular weight excluding hydrogens is 267 g/mol. The van der Waals surface area contributed by atoms with Crippen molar-refractivity contribution in [2.75, 3.05) is 13.6 Å². The molecule has 3 nitrogen and oxygen atoms in total. The standard InChI is InChI=1S/C17H23FN2O/c1-4-19-11-14-9-10-15(21-14)12-20(3)13(2)16-7-5-6-8-17(16)18/h5-10,13,19H,4,11-12H2,1-3H3. The minimum atomic E-state index is -0.163. The summed E-state index contributed by atoms with van der Waals surface area (Å²) in [5.74, 6) is 1.66. The van der Waals surface area contributed by atoms with E-state index < -0.39 is 0 Å². The van der Waals surface area contributed by atoms with E-state index in [1.807, 2.05) is 38.2 Å². The van der Waals surface area contributed by atoms with E-state index in [1.165, 1.54) is 6.07 Å². The Bertz CT molecular complexity index is 567. The van der Waals surface area contributed by atoms with Crippen LogP contribution in [-0.2, 0) is 13.1 Å². The first kappa shape index (κ1) is 15.7. The Morgan fingerprint density at radius 1 is 1.19 bits per heavy atom. The zero-order valence-corrected chi connectivity index (χ0v) is 12.9. The lowest BCUT2D eigenvalue weighted by atomic mass is 10.1. The molecule has 1 aromatic heterocycles. The molecule has 0 aliphatic rings. The molecule has 0 aliphatic heterocycles. The van der Waals surface area contributed by atoms with Gasteiger partial charge in [-0.05, 0) is 38.7 Å². The smallest absolute Gasteiger partial charge is 0.127 e. The number of nitrogens with one attached hydrogen (secondary N) is 1. The lowest BCUT2D eigenvalue weighted by molar-refractivity contribution is 0.226. The Kier molecular flexibility index (Phi) is 5.53. The molecule has 1 atom stereocenters. The third-order valence-electron chi connectivity index (χ3n) is 3.69. The van der Waals surface area contributed by atoms with Crippen LogP contribution in [0.15, 0.2) is 40.8 Å². The van der Waals surface area contributed by atoms with E-state index in [2.05, 4.69) is 17.1 Å². The number of benzene rings is 1. The molecule has 1 aromatic carbocycles. The summed E-state index contributed by atoms with van der Waals surface area (Å²) in [6.07, 6.45) is 0. The molecular formula is C17H23FN2O. The van der Waals surface area contributed by atoms with E-state index in [9.17, 15) is 4.39 Å². The Morgan fingerprint density at radius 2 is 1.90 bits per heavy atom. The van der Waals surface area contributed by atoms with Gasteiger partial charge in [-0.1, -0.05) is 25.1 Å². The van der Waals surface area contributed by atoms with E-state index >= 15 is 0 Å². The van der Waals surface area contributed by atoms with Crippen molar-refractivity contribution in [1.29, 1.82) is 0 Å². The van der Waals surface area contributed by atoms with Gasteiger partial charge in [-0.2, -0.15) is 0 Å². The van der Waals surface area contributed by atoms with Crippen LogP contribution in [0.5, 0.6) is 0 Å². The van der Waals surface area contributed by atoms with Crippen molar-refractivity contribution < 1.29 is 8.81 Å². The molecule has 0 aliphatic carbocycles. The third-order valence-corrected chi connectivity index (χ3v) is 3.69. The summed E-state index contributed by atoms with van der Waals surface area (Å²) < 4.78 is 19.6. The highest BCUT2D eigenvalue weighted by atomic mass is 19.1. The van der Waals surface area contributed by atoms with Crippen LogP contribution < -0.4 is 5.32 Å². The van der Waals surface area contributed by atoms with Gasteiger partial charge in [-0.25, -0.2) is 4.39 Å². The van der Waals surface area contributed by atoms with Gasteiger partial charge in [0.1, 0.15) is 17.3 Å². The SMILES string of the molecule is CCNCc1ccc(CN(C)C(C)c2ccccc2F)o1. The average Bonchev–Trinajstić information content (AvgIpc) is 2.92. The lowest BCUT2D eigenvalue weighted by Gasteiger charge is -2.24. The Hall–Kier alpha value is -1.65. The summed E-state index contributed by atoms with van der Waals surface area (Å²) in [6, 6.07) is 10.9. The second kappa shape index (κ2) is 7.38. The van der Waals surface area contributed by atoms with Crippen LogP contribution in [0.3, 0.4) is 0 Å². The van der Waals surface area contributed by atoms with Crippen LogP contribution in [0.4, 0.5) is 4.39 Å². The number of rotatable bonds is 7. The summed E-state index contributed by atoms with van der Waals surface area (Å²) >= 11 is 0. The Morgan fingerprint density at radius 3 is 2.62 bits per heavy atom. The third kappa shape index (κ3) is 4.16. The highest BCUT2D eigenvalue weighted by Crippen LogP contribution is 2.23. The molecule has 0 fully saturated rings. The summed E-state index contributed by atoms with van der Waals surface area (Å²) in [7, 11) is 1.98. The molecule has 0 saturated heterocycles. The fraction of sp³-hybridized carbons (Fsp3) is 0.412. The van der Waals surface area contributed by atoms with Gasteiger partial charge in [0, 0.05) is 11.6 Å². The summed E-state index contributed by atoms with van der Waals surface area (Å²) in [5.41, 5.74) is 0.708. The molecule has 0 bridgehead atoms. The summed E-state index contributed by atoms with van der Waals surface area (Å²) in [4.78, 5) is 2.08. The fourth-order valence-electron chi connectivity index (χ4n) is 2.28. The Balaban J connectivity index is 1.99. The maximum atomic E-state index is 13.8. The zero-order valence-electron chi connectivity index (χ0n) is 12.9. The van der Waals surface area contributed by atoms with Gasteiger partial charge >= 0.3 is 0 Å². The molecule has 2 aromatic rings. The first-order valence-electron chi connectivity index (χ1n) is 7.34. The van der Waals surface area contributed by atoms with E-state index in [0.717, 1.165) is 24.6 Å². The average molecular weight is 290 g/mol. The molecule has 0 spiro atoms. The van der Waals surface area contributed by atoms with Gasteiger partial charge in [0.2, 0.25) is 0 Å². The van der Waals surface area contributed by atoms with Crippen molar-refractivity contribution in [2.45, 2.75) is 33.0 Å². The summed E-state index contributed by atoms with van der Waals surface area (Å²) in [5, 5.41) is 3.23. The van der Waals surface area contributed by atoms with Crippen molar-refractivity contribution in [3.05, 3.63) is 59.3 Å². The van der Waals surface area contributed by atoms with E-state index in [0.29, 0.717) is 12.1 Å². The van der Waals surface area contributed by atoms with Crippen molar-refractivity contribution >= 4 is 0 Å². The molecule has 2 rings (SSSR count). The molecule has 21 heavy (non-hydrogen) atoms. The van der Waals surface area contributed by atoms with E-state index in [1.54, 1.807) is 6.07 Å². The molecule has 114 valence electrons. The predicted octanol–water partition coefficient (Wildman–Crippen LogP) is 3.72. The van der Waals surface area contributed by atoms with E-state index in [-0.39, 0.29) is 11.9 Å². The number of furan rings is 1. The van der Waals surface area contributed by atoms with Crippen molar-refractivity contribution in [1.82, 2.24) is 10.2 Å². The van der Waals surface area contributed by atoms with Crippen LogP contribution in [-0.4, -0.2) is 18.5 Å². The number of nitrogens with zero attached hydrogens (tertiary/aromatic N) is 1. The normalized spacial score (nSPS) is 12.8. The zero-order chi connectivity index (χ0) is 15.2. The predicted molar refractivity (Wildman–Crippen MR) is 82.4 cm³/mol. The molecule has 0 saturated carbocycles. The largest absolute Gasteiger partial charge is 0.463 e. The number of hydrogen-bond donors (Lipinski definition) is 1. The lowest BCUT2D eigenvalue weighted by Crippen LogP contribution is -2.22. The highest BCUT2D eigenvalue weighted by Gasteiger charge is 2.16. The van der Waals surface area contributed by atoms with Crippen molar-refractivity contribution in [2.24, 2.45) is 0 Å². The fourth-order valence-corrected chi connectivity index (χ4v) is 2.28. The maximum Gasteiger partial charge on any atom is 0.127 e. The molecule has 0 radical (unpaired) electrons. The van der Waals surface area contributed by atoms with Crippen LogP contribution in [0.1, 0.15) is 37.0 Å². The van der Waals surface area contributed by atoms with Crippen molar-refractivity contribution in [3.63, 3.8) is 0 Å². The van der Waals surface area contributed by atoms with Gasteiger partial charge in [0.05, 0.1) is 13.1 Å². The molecule has 1 heterocycles. The molecule has 0 amide bonds. The van der Waals surface area contributed by atoms with Crippen LogP contribution in [0.25, 0.3) is 0 Å². The topological polar surface area (TPSA) is 28.4 Å². The monoisotopic (exact) mass is 290 g/mol. The first-order valence-corrected chi connectivity index (χ1v) is 7.34. The van der Waals surface area contributed by atoms with Crippen LogP contribution in [0.2, 0.25) is 0 Å². The molecule has 4 heteroatoms. The Labute approximate surface area is 125 Å². The van der Waals surface area contributed by atoms with Crippen LogP contribution in [0, 0.1) is 5.82 Å². The highest BCUT2D eigenvalue weighted by molar-refractivity contribution is 5.20. The molecule has 1 unspecified atom stereocenters. The van der Waals surface area contributed by atoms with Crippen molar-refractivity contribution in [3.8, 4) is 0 Å². The summed E-state index contributed by atoms with van der Waals surface area (Å²) in [6.45, 7) is 6.37. The number of hydrogen-bond acceptors (Lipinski definition) is 3. The van der Waals surface area contributed by atoms with Gasteiger partial charge in [0.15, 0.2) is 0 Å². The minimum absolute atomic E-state index is 0.00600. The van der Waals surface area contributed by atoms with Crippen LogP contribution >= 0.6 is 0 Å². The second-order valence-corrected chi connectivity index (χ2v) is 5.26. The second-order valence-electron chi connectivity index (χ2n) is 5.26. The minimum Gasteiger partial charge on any atom is -0.463 e. The quantitative estimate of drug-likeness (QED) is 0.842. The van der Waals surface area contributed by atoms with Gasteiger partial charge < -0.3 is 9.73 Å².